The number of hydrogen-bond acceptors (Lipinski definition) is 3. The minimum Gasteiger partial charge on any atom is -0.386 e. The molecule has 0 fully saturated rings. The molecule has 2 aromatic rings. The van der Waals surface area contributed by atoms with E-state index in [9.17, 15) is 5.11 Å². The second kappa shape index (κ2) is 4.60. The van der Waals surface area contributed by atoms with Crippen LogP contribution in [0.25, 0.3) is 10.8 Å². The molecule has 0 atom stereocenters. The molecule has 3 heteroatoms. The number of hydrogen-bond donors (Lipinski definition) is 2. The van der Waals surface area contributed by atoms with E-state index in [-0.39, 0.29) is 0 Å². The standard InChI is InChI=1S/C16H20O3/c1-15(2,17)13-7-5-12-10-14(16(3,4)19-18)8-6-11(12)9-13/h5-10,17-18H,1-4H3. The van der Waals surface area contributed by atoms with Crippen LogP contribution in [0.15, 0.2) is 36.4 Å². The SMILES string of the molecule is CC(C)(O)c1ccc2cc(C(C)(C)OO)ccc2c1. The zero-order valence-electron chi connectivity index (χ0n) is 11.8. The lowest BCUT2D eigenvalue weighted by molar-refractivity contribution is -0.318. The molecule has 0 aliphatic rings. The van der Waals surface area contributed by atoms with Crippen LogP contribution in [0.4, 0.5) is 0 Å². The van der Waals surface area contributed by atoms with E-state index in [2.05, 4.69) is 4.89 Å². The fraction of sp³-hybridized carbons (Fsp3) is 0.375. The number of fused-ring (bicyclic) bond motifs is 1. The lowest BCUT2D eigenvalue weighted by Crippen LogP contribution is -2.19. The van der Waals surface area contributed by atoms with Gasteiger partial charge in [-0.25, -0.2) is 4.89 Å². The predicted octanol–water partition coefficient (Wildman–Crippen LogP) is 3.79. The summed E-state index contributed by atoms with van der Waals surface area (Å²) < 4.78 is 0. The maximum atomic E-state index is 10.0. The Morgan fingerprint density at radius 3 is 1.79 bits per heavy atom. The monoisotopic (exact) mass is 260 g/mol. The van der Waals surface area contributed by atoms with E-state index in [1.165, 1.54) is 0 Å². The van der Waals surface area contributed by atoms with Gasteiger partial charge in [-0.05, 0) is 61.7 Å². The molecule has 0 heterocycles. The topological polar surface area (TPSA) is 49.7 Å². The molecule has 2 N–H and O–H groups in total. The summed E-state index contributed by atoms with van der Waals surface area (Å²) in [5, 5.41) is 21.1. The Morgan fingerprint density at radius 2 is 1.32 bits per heavy atom. The van der Waals surface area contributed by atoms with E-state index < -0.39 is 11.2 Å². The molecule has 0 saturated carbocycles. The van der Waals surface area contributed by atoms with Crippen LogP contribution in [-0.2, 0) is 16.1 Å². The van der Waals surface area contributed by atoms with Crippen LogP contribution < -0.4 is 0 Å². The van der Waals surface area contributed by atoms with Crippen molar-refractivity contribution in [3.63, 3.8) is 0 Å². The molecule has 0 unspecified atom stereocenters. The molecule has 0 aliphatic heterocycles. The van der Waals surface area contributed by atoms with Crippen molar-refractivity contribution < 1.29 is 15.3 Å². The van der Waals surface area contributed by atoms with Crippen LogP contribution in [0.3, 0.4) is 0 Å². The van der Waals surface area contributed by atoms with E-state index in [1.54, 1.807) is 27.7 Å². The van der Waals surface area contributed by atoms with Crippen molar-refractivity contribution in [3.05, 3.63) is 47.5 Å². The Morgan fingerprint density at radius 1 is 0.842 bits per heavy atom. The summed E-state index contributed by atoms with van der Waals surface area (Å²) >= 11 is 0. The summed E-state index contributed by atoms with van der Waals surface area (Å²) in [5.74, 6) is 0. The van der Waals surface area contributed by atoms with E-state index in [0.29, 0.717) is 0 Å². The highest BCUT2D eigenvalue weighted by molar-refractivity contribution is 5.84. The third-order valence-corrected chi connectivity index (χ3v) is 3.47. The quantitative estimate of drug-likeness (QED) is 0.652. The van der Waals surface area contributed by atoms with Crippen LogP contribution in [0, 0.1) is 0 Å². The Hall–Kier alpha value is -1.42. The largest absolute Gasteiger partial charge is 0.386 e. The summed E-state index contributed by atoms with van der Waals surface area (Å²) in [6.07, 6.45) is 0. The highest BCUT2D eigenvalue weighted by atomic mass is 17.1. The highest BCUT2D eigenvalue weighted by Gasteiger charge is 2.22. The van der Waals surface area contributed by atoms with Gasteiger partial charge in [-0.15, -0.1) is 0 Å². The lowest BCUT2D eigenvalue weighted by atomic mass is 9.92. The zero-order valence-corrected chi connectivity index (χ0v) is 11.8. The maximum absolute atomic E-state index is 10.0. The van der Waals surface area contributed by atoms with Crippen molar-refractivity contribution in [1.82, 2.24) is 0 Å². The fourth-order valence-electron chi connectivity index (χ4n) is 2.05. The normalized spacial score (nSPS) is 12.9. The van der Waals surface area contributed by atoms with Gasteiger partial charge >= 0.3 is 0 Å². The van der Waals surface area contributed by atoms with Gasteiger partial charge in [0, 0.05) is 0 Å². The van der Waals surface area contributed by atoms with Crippen molar-refractivity contribution >= 4 is 10.8 Å². The van der Waals surface area contributed by atoms with Gasteiger partial charge in [0.1, 0.15) is 5.60 Å². The van der Waals surface area contributed by atoms with Gasteiger partial charge in [-0.2, -0.15) is 0 Å². The maximum Gasteiger partial charge on any atom is 0.123 e. The summed E-state index contributed by atoms with van der Waals surface area (Å²) in [5.41, 5.74) is 0.202. The Bertz CT molecular complexity index is 594. The van der Waals surface area contributed by atoms with Gasteiger partial charge in [-0.3, -0.25) is 5.26 Å². The van der Waals surface area contributed by atoms with Crippen molar-refractivity contribution in [1.29, 1.82) is 0 Å². The summed E-state index contributed by atoms with van der Waals surface area (Å²) in [6, 6.07) is 11.7. The summed E-state index contributed by atoms with van der Waals surface area (Å²) in [6.45, 7) is 7.15. The first kappa shape index (κ1) is 14.0. The van der Waals surface area contributed by atoms with Crippen LogP contribution in [0.2, 0.25) is 0 Å². The Balaban J connectivity index is 2.53. The van der Waals surface area contributed by atoms with Gasteiger partial charge < -0.3 is 5.11 Å². The van der Waals surface area contributed by atoms with Crippen LogP contribution in [-0.4, -0.2) is 10.4 Å². The van der Waals surface area contributed by atoms with Crippen molar-refractivity contribution in [2.75, 3.05) is 0 Å². The van der Waals surface area contributed by atoms with Gasteiger partial charge in [0.25, 0.3) is 0 Å². The molecule has 2 aromatic carbocycles. The van der Waals surface area contributed by atoms with E-state index in [0.717, 1.165) is 21.9 Å². The van der Waals surface area contributed by atoms with Crippen LogP contribution in [0.1, 0.15) is 38.8 Å². The smallest absolute Gasteiger partial charge is 0.123 e. The molecule has 0 saturated heterocycles. The van der Waals surface area contributed by atoms with Crippen molar-refractivity contribution in [3.8, 4) is 0 Å². The van der Waals surface area contributed by atoms with E-state index in [1.807, 2.05) is 36.4 Å². The van der Waals surface area contributed by atoms with Crippen LogP contribution in [0.5, 0.6) is 0 Å². The number of benzene rings is 2. The second-order valence-electron chi connectivity index (χ2n) is 5.94. The molecular formula is C16H20O3. The van der Waals surface area contributed by atoms with E-state index >= 15 is 0 Å². The zero-order chi connectivity index (χ0) is 14.3. The molecule has 3 nitrogen and oxygen atoms in total. The van der Waals surface area contributed by atoms with Gasteiger partial charge in [-0.1, -0.05) is 24.3 Å². The first-order valence-electron chi connectivity index (χ1n) is 6.34. The van der Waals surface area contributed by atoms with Crippen molar-refractivity contribution in [2.24, 2.45) is 0 Å². The first-order chi connectivity index (χ1) is 8.74. The molecule has 0 bridgehead atoms. The third kappa shape index (κ3) is 2.78. The third-order valence-electron chi connectivity index (χ3n) is 3.47. The average Bonchev–Trinajstić information content (AvgIpc) is 2.36. The van der Waals surface area contributed by atoms with E-state index in [4.69, 9.17) is 5.26 Å². The minimum atomic E-state index is -0.847. The molecule has 2 rings (SSSR count). The molecule has 0 radical (unpaired) electrons. The van der Waals surface area contributed by atoms with Gasteiger partial charge in [0.05, 0.1) is 5.60 Å². The number of aliphatic hydroxyl groups is 1. The van der Waals surface area contributed by atoms with Gasteiger partial charge in [0.2, 0.25) is 0 Å². The molecule has 0 amide bonds. The summed E-state index contributed by atoms with van der Waals surface area (Å²) in [7, 11) is 0. The van der Waals surface area contributed by atoms with Crippen molar-refractivity contribution in [2.45, 2.75) is 38.9 Å². The summed E-state index contributed by atoms with van der Waals surface area (Å²) in [4.78, 5) is 4.51. The lowest BCUT2D eigenvalue weighted by Gasteiger charge is -2.22. The van der Waals surface area contributed by atoms with Gasteiger partial charge in [0.15, 0.2) is 0 Å². The molecule has 0 aliphatic carbocycles. The molecule has 0 spiro atoms. The molecule has 102 valence electrons. The highest BCUT2D eigenvalue weighted by Crippen LogP contribution is 2.29. The molecule has 19 heavy (non-hydrogen) atoms. The Kier molecular flexibility index (Phi) is 3.39. The average molecular weight is 260 g/mol. The second-order valence-corrected chi connectivity index (χ2v) is 5.94. The number of rotatable bonds is 3. The molecular weight excluding hydrogens is 240 g/mol. The first-order valence-corrected chi connectivity index (χ1v) is 6.34. The molecule has 0 aromatic heterocycles. The minimum absolute atomic E-state index is 0.733. The fourth-order valence-corrected chi connectivity index (χ4v) is 2.05. The Labute approximate surface area is 113 Å². The van der Waals surface area contributed by atoms with Crippen LogP contribution >= 0.6 is 0 Å². The predicted molar refractivity (Wildman–Crippen MR) is 75.9 cm³/mol.